The topological polar surface area (TPSA) is 63.9 Å². The van der Waals surface area contributed by atoms with E-state index in [1.54, 1.807) is 7.11 Å². The van der Waals surface area contributed by atoms with Gasteiger partial charge in [0, 0.05) is 23.4 Å². The molecule has 0 aliphatic rings. The summed E-state index contributed by atoms with van der Waals surface area (Å²) in [6, 6.07) is 6.25. The Morgan fingerprint density at radius 2 is 2.11 bits per heavy atom. The molecule has 0 atom stereocenters. The SMILES string of the molecule is COc1cc(C(C)C)ccc1-c1n[nH]c(C)c1CN. The molecule has 1 aromatic heterocycles. The second kappa shape index (κ2) is 5.45. The van der Waals surface area contributed by atoms with Gasteiger partial charge in [0.1, 0.15) is 11.4 Å². The van der Waals surface area contributed by atoms with Crippen molar-refractivity contribution in [2.45, 2.75) is 33.2 Å². The number of aromatic amines is 1. The molecule has 4 nitrogen and oxygen atoms in total. The summed E-state index contributed by atoms with van der Waals surface area (Å²) in [5.74, 6) is 1.31. The number of ether oxygens (including phenoxy) is 1. The van der Waals surface area contributed by atoms with Crippen LogP contribution in [-0.4, -0.2) is 17.3 Å². The van der Waals surface area contributed by atoms with E-state index in [1.165, 1.54) is 5.56 Å². The average molecular weight is 259 g/mol. The van der Waals surface area contributed by atoms with Gasteiger partial charge in [-0.25, -0.2) is 0 Å². The first kappa shape index (κ1) is 13.6. The molecule has 2 aromatic rings. The highest BCUT2D eigenvalue weighted by Crippen LogP contribution is 2.34. The fourth-order valence-electron chi connectivity index (χ4n) is 2.19. The summed E-state index contributed by atoms with van der Waals surface area (Å²) in [4.78, 5) is 0. The Kier molecular flexibility index (Phi) is 3.90. The molecule has 0 saturated carbocycles. The third-order valence-electron chi connectivity index (χ3n) is 3.43. The quantitative estimate of drug-likeness (QED) is 0.887. The van der Waals surface area contributed by atoms with Gasteiger partial charge in [-0.05, 0) is 30.5 Å². The number of aromatic nitrogens is 2. The van der Waals surface area contributed by atoms with Crippen molar-refractivity contribution in [3.05, 3.63) is 35.0 Å². The standard InChI is InChI=1S/C15H21N3O/c1-9(2)11-5-6-12(14(7-11)19-4)15-13(8-16)10(3)17-18-15/h5-7,9H,8,16H2,1-4H3,(H,17,18). The predicted octanol–water partition coefficient (Wildman–Crippen LogP) is 2.98. The van der Waals surface area contributed by atoms with Gasteiger partial charge in [0.25, 0.3) is 0 Å². The van der Waals surface area contributed by atoms with Crippen molar-refractivity contribution >= 4 is 0 Å². The van der Waals surface area contributed by atoms with E-state index in [1.807, 2.05) is 6.92 Å². The maximum atomic E-state index is 5.80. The van der Waals surface area contributed by atoms with Gasteiger partial charge in [-0.1, -0.05) is 19.9 Å². The molecular weight excluding hydrogens is 238 g/mol. The highest BCUT2D eigenvalue weighted by atomic mass is 16.5. The number of nitrogens with zero attached hydrogens (tertiary/aromatic N) is 1. The van der Waals surface area contributed by atoms with Crippen LogP contribution in [0.25, 0.3) is 11.3 Å². The first-order valence-electron chi connectivity index (χ1n) is 6.50. The fourth-order valence-corrected chi connectivity index (χ4v) is 2.19. The van der Waals surface area contributed by atoms with E-state index < -0.39 is 0 Å². The average Bonchev–Trinajstić information content (AvgIpc) is 2.78. The Balaban J connectivity index is 2.55. The zero-order chi connectivity index (χ0) is 14.0. The van der Waals surface area contributed by atoms with E-state index in [-0.39, 0.29) is 0 Å². The first-order chi connectivity index (χ1) is 9.08. The molecule has 0 fully saturated rings. The molecule has 0 saturated heterocycles. The van der Waals surface area contributed by atoms with Gasteiger partial charge in [0.2, 0.25) is 0 Å². The summed E-state index contributed by atoms with van der Waals surface area (Å²) in [7, 11) is 1.69. The zero-order valence-electron chi connectivity index (χ0n) is 11.9. The molecule has 0 spiro atoms. The van der Waals surface area contributed by atoms with Crippen molar-refractivity contribution in [3.63, 3.8) is 0 Å². The summed E-state index contributed by atoms with van der Waals surface area (Å²) in [6.07, 6.45) is 0. The number of nitrogens with two attached hydrogens (primary N) is 1. The van der Waals surface area contributed by atoms with E-state index in [2.05, 4.69) is 42.2 Å². The summed E-state index contributed by atoms with van der Waals surface area (Å²) in [5.41, 5.74) is 11.0. The number of nitrogens with one attached hydrogen (secondary N) is 1. The number of rotatable bonds is 4. The lowest BCUT2D eigenvalue weighted by Crippen LogP contribution is -2.00. The van der Waals surface area contributed by atoms with Gasteiger partial charge >= 0.3 is 0 Å². The van der Waals surface area contributed by atoms with Gasteiger partial charge in [-0.2, -0.15) is 5.10 Å². The largest absolute Gasteiger partial charge is 0.496 e. The molecule has 0 radical (unpaired) electrons. The number of H-pyrrole nitrogens is 1. The van der Waals surface area contributed by atoms with Gasteiger partial charge in [-0.15, -0.1) is 0 Å². The highest BCUT2D eigenvalue weighted by Gasteiger charge is 2.16. The second-order valence-electron chi connectivity index (χ2n) is 4.99. The van der Waals surface area contributed by atoms with Crippen molar-refractivity contribution in [3.8, 4) is 17.0 Å². The second-order valence-corrected chi connectivity index (χ2v) is 4.99. The van der Waals surface area contributed by atoms with Crippen LogP contribution in [0.15, 0.2) is 18.2 Å². The van der Waals surface area contributed by atoms with Crippen molar-refractivity contribution in [2.75, 3.05) is 7.11 Å². The van der Waals surface area contributed by atoms with Gasteiger partial charge < -0.3 is 10.5 Å². The number of hydrogen-bond acceptors (Lipinski definition) is 3. The normalized spacial score (nSPS) is 11.1. The molecule has 1 heterocycles. The number of benzene rings is 1. The minimum atomic E-state index is 0.465. The van der Waals surface area contributed by atoms with Crippen molar-refractivity contribution in [1.29, 1.82) is 0 Å². The Hall–Kier alpha value is -1.81. The summed E-state index contributed by atoms with van der Waals surface area (Å²) >= 11 is 0. The van der Waals surface area contributed by atoms with Gasteiger partial charge in [0.15, 0.2) is 0 Å². The smallest absolute Gasteiger partial charge is 0.128 e. The van der Waals surface area contributed by atoms with Crippen LogP contribution >= 0.6 is 0 Å². The van der Waals surface area contributed by atoms with E-state index in [9.17, 15) is 0 Å². The lowest BCUT2D eigenvalue weighted by atomic mass is 9.98. The van der Waals surface area contributed by atoms with E-state index >= 15 is 0 Å². The lowest BCUT2D eigenvalue weighted by molar-refractivity contribution is 0.415. The molecular formula is C15H21N3O. The number of methoxy groups -OCH3 is 1. The lowest BCUT2D eigenvalue weighted by Gasteiger charge is -2.12. The molecule has 19 heavy (non-hydrogen) atoms. The summed E-state index contributed by atoms with van der Waals surface area (Å²) in [5, 5.41) is 7.34. The minimum absolute atomic E-state index is 0.465. The zero-order valence-corrected chi connectivity index (χ0v) is 11.9. The Labute approximate surface area is 114 Å². The third kappa shape index (κ3) is 2.49. The van der Waals surface area contributed by atoms with Crippen LogP contribution in [-0.2, 0) is 6.54 Å². The Bertz CT molecular complexity index is 573. The molecule has 1 aromatic carbocycles. The van der Waals surface area contributed by atoms with Gasteiger partial charge in [0.05, 0.1) is 7.11 Å². The van der Waals surface area contributed by atoms with Crippen LogP contribution < -0.4 is 10.5 Å². The maximum Gasteiger partial charge on any atom is 0.128 e. The van der Waals surface area contributed by atoms with Crippen LogP contribution in [0.2, 0.25) is 0 Å². The maximum absolute atomic E-state index is 5.80. The van der Waals surface area contributed by atoms with Crippen LogP contribution in [0.5, 0.6) is 5.75 Å². The molecule has 0 aliphatic carbocycles. The van der Waals surface area contributed by atoms with E-state index in [4.69, 9.17) is 10.5 Å². The molecule has 3 N–H and O–H groups in total. The van der Waals surface area contributed by atoms with Crippen molar-refractivity contribution < 1.29 is 4.74 Å². The molecule has 0 amide bonds. The molecule has 0 bridgehead atoms. The summed E-state index contributed by atoms with van der Waals surface area (Å²) in [6.45, 7) is 6.78. The summed E-state index contributed by atoms with van der Waals surface area (Å²) < 4.78 is 5.50. The molecule has 0 aliphatic heterocycles. The predicted molar refractivity (Wildman–Crippen MR) is 77.3 cm³/mol. The molecule has 102 valence electrons. The molecule has 0 unspecified atom stereocenters. The van der Waals surface area contributed by atoms with Crippen molar-refractivity contribution in [2.24, 2.45) is 5.73 Å². The fraction of sp³-hybridized carbons (Fsp3) is 0.400. The van der Waals surface area contributed by atoms with Crippen LogP contribution in [0.3, 0.4) is 0 Å². The van der Waals surface area contributed by atoms with E-state index in [0.29, 0.717) is 12.5 Å². The minimum Gasteiger partial charge on any atom is -0.496 e. The van der Waals surface area contributed by atoms with Crippen molar-refractivity contribution in [1.82, 2.24) is 10.2 Å². The third-order valence-corrected chi connectivity index (χ3v) is 3.43. The highest BCUT2D eigenvalue weighted by molar-refractivity contribution is 5.71. The molecule has 4 heteroatoms. The van der Waals surface area contributed by atoms with Crippen LogP contribution in [0.4, 0.5) is 0 Å². The van der Waals surface area contributed by atoms with Crippen LogP contribution in [0, 0.1) is 6.92 Å². The van der Waals surface area contributed by atoms with Crippen LogP contribution in [0.1, 0.15) is 36.6 Å². The number of hydrogen-bond donors (Lipinski definition) is 2. The Morgan fingerprint density at radius 3 is 2.68 bits per heavy atom. The first-order valence-corrected chi connectivity index (χ1v) is 6.50. The molecule has 2 rings (SSSR count). The Morgan fingerprint density at radius 1 is 1.37 bits per heavy atom. The number of aryl methyl sites for hydroxylation is 1. The van der Waals surface area contributed by atoms with Gasteiger partial charge in [-0.3, -0.25) is 5.10 Å². The van der Waals surface area contributed by atoms with E-state index in [0.717, 1.165) is 28.3 Å². The monoisotopic (exact) mass is 259 g/mol.